The minimum absolute atomic E-state index is 0.0819. The van der Waals surface area contributed by atoms with Crippen LogP contribution in [-0.4, -0.2) is 20.8 Å². The van der Waals surface area contributed by atoms with Crippen molar-refractivity contribution in [3.8, 4) is 11.5 Å². The third-order valence-electron chi connectivity index (χ3n) is 4.55. The smallest absolute Gasteiger partial charge is 0.161 e. The predicted molar refractivity (Wildman–Crippen MR) is 103 cm³/mol. The molecule has 27 heavy (non-hydrogen) atoms. The number of benzene rings is 2. The van der Waals surface area contributed by atoms with Crippen molar-refractivity contribution in [1.82, 2.24) is 5.32 Å². The molecule has 3 aromatic rings. The van der Waals surface area contributed by atoms with Crippen LogP contribution in [0.3, 0.4) is 0 Å². The molecule has 3 rings (SSSR count). The highest BCUT2D eigenvalue weighted by Gasteiger charge is 2.16. The van der Waals surface area contributed by atoms with Gasteiger partial charge in [-0.15, -0.1) is 0 Å². The largest absolute Gasteiger partial charge is 0.493 e. The Balaban J connectivity index is 1.61. The molecule has 1 heterocycles. The van der Waals surface area contributed by atoms with E-state index in [0.717, 1.165) is 41.4 Å². The van der Waals surface area contributed by atoms with Crippen molar-refractivity contribution in [2.45, 2.75) is 18.9 Å². The second-order valence-electron chi connectivity index (χ2n) is 6.27. The summed E-state index contributed by atoms with van der Waals surface area (Å²) >= 11 is 0. The van der Waals surface area contributed by atoms with E-state index < -0.39 is 0 Å². The first kappa shape index (κ1) is 19.0. The number of methoxy groups -OCH3 is 2. The highest BCUT2D eigenvalue weighted by Crippen LogP contribution is 2.29. The molecule has 0 spiro atoms. The molecule has 2 aromatic carbocycles. The van der Waals surface area contributed by atoms with Crippen molar-refractivity contribution in [1.29, 1.82) is 0 Å². The molecule has 4 nitrogen and oxygen atoms in total. The van der Waals surface area contributed by atoms with Gasteiger partial charge < -0.3 is 19.2 Å². The normalized spacial score (nSPS) is 12.0. The van der Waals surface area contributed by atoms with Crippen LogP contribution in [0, 0.1) is 5.82 Å². The maximum atomic E-state index is 13.2. The van der Waals surface area contributed by atoms with Crippen LogP contribution in [0.2, 0.25) is 0 Å². The van der Waals surface area contributed by atoms with Crippen molar-refractivity contribution in [2.75, 3.05) is 20.8 Å². The predicted octanol–water partition coefficient (Wildman–Crippen LogP) is 4.75. The summed E-state index contributed by atoms with van der Waals surface area (Å²) in [4.78, 5) is 0. The Morgan fingerprint density at radius 3 is 2.44 bits per heavy atom. The first-order valence-corrected chi connectivity index (χ1v) is 8.91. The summed E-state index contributed by atoms with van der Waals surface area (Å²) < 4.78 is 29.5. The van der Waals surface area contributed by atoms with Crippen LogP contribution in [0.5, 0.6) is 11.5 Å². The van der Waals surface area contributed by atoms with Gasteiger partial charge in [-0.05, 0) is 60.5 Å². The van der Waals surface area contributed by atoms with E-state index in [0.29, 0.717) is 6.54 Å². The summed E-state index contributed by atoms with van der Waals surface area (Å²) in [6, 6.07) is 16.3. The highest BCUT2D eigenvalue weighted by atomic mass is 19.1. The van der Waals surface area contributed by atoms with E-state index in [4.69, 9.17) is 13.9 Å². The monoisotopic (exact) mass is 369 g/mol. The van der Waals surface area contributed by atoms with Gasteiger partial charge in [-0.25, -0.2) is 4.39 Å². The molecule has 0 aliphatic heterocycles. The van der Waals surface area contributed by atoms with Gasteiger partial charge >= 0.3 is 0 Å². The zero-order valence-corrected chi connectivity index (χ0v) is 15.6. The van der Waals surface area contributed by atoms with Crippen LogP contribution >= 0.6 is 0 Å². The molecule has 0 saturated carbocycles. The summed E-state index contributed by atoms with van der Waals surface area (Å²) in [5.74, 6) is 2.17. The number of hydrogen-bond donors (Lipinski definition) is 1. The molecule has 0 bridgehead atoms. The molecule has 0 saturated heterocycles. The van der Waals surface area contributed by atoms with Gasteiger partial charge in [0.15, 0.2) is 11.5 Å². The van der Waals surface area contributed by atoms with Gasteiger partial charge in [0.25, 0.3) is 0 Å². The van der Waals surface area contributed by atoms with Crippen molar-refractivity contribution in [3.63, 3.8) is 0 Å². The first-order valence-electron chi connectivity index (χ1n) is 8.91. The molecule has 0 unspecified atom stereocenters. The molecule has 1 atom stereocenters. The van der Waals surface area contributed by atoms with E-state index >= 15 is 0 Å². The molecule has 0 aliphatic rings. The fourth-order valence-electron chi connectivity index (χ4n) is 3.13. The minimum Gasteiger partial charge on any atom is -0.493 e. The summed E-state index contributed by atoms with van der Waals surface area (Å²) in [5, 5.41) is 3.45. The van der Waals surface area contributed by atoms with Crippen LogP contribution in [0.15, 0.2) is 65.3 Å². The van der Waals surface area contributed by atoms with E-state index in [-0.39, 0.29) is 11.7 Å². The second kappa shape index (κ2) is 9.24. The van der Waals surface area contributed by atoms with E-state index in [1.54, 1.807) is 20.5 Å². The quantitative estimate of drug-likeness (QED) is 0.553. The Bertz CT molecular complexity index is 831. The highest BCUT2D eigenvalue weighted by molar-refractivity contribution is 5.42. The van der Waals surface area contributed by atoms with Gasteiger partial charge in [0, 0.05) is 12.5 Å². The standard InChI is InChI=1S/C22H24FNO3/c1-25-21-10-5-16(14-22(21)26-2)15-24-12-11-19(20-4-3-13-27-20)17-6-8-18(23)9-7-17/h3-10,13-14,19,24H,11-12,15H2,1-2H3/t19-/m1/s1. The Kier molecular flexibility index (Phi) is 6.49. The Hall–Kier alpha value is -2.79. The molecule has 0 amide bonds. The zero-order valence-electron chi connectivity index (χ0n) is 15.6. The van der Waals surface area contributed by atoms with Crippen LogP contribution in [0.25, 0.3) is 0 Å². The van der Waals surface area contributed by atoms with Crippen molar-refractivity contribution >= 4 is 0 Å². The number of halogens is 1. The average Bonchev–Trinajstić information content (AvgIpc) is 3.23. The number of hydrogen-bond acceptors (Lipinski definition) is 4. The number of furan rings is 1. The average molecular weight is 369 g/mol. The topological polar surface area (TPSA) is 43.6 Å². The van der Waals surface area contributed by atoms with Gasteiger partial charge in [-0.1, -0.05) is 18.2 Å². The number of nitrogens with one attached hydrogen (secondary N) is 1. The van der Waals surface area contributed by atoms with Crippen LogP contribution in [-0.2, 0) is 6.54 Å². The number of rotatable bonds is 9. The molecule has 0 aliphatic carbocycles. The lowest BCUT2D eigenvalue weighted by Crippen LogP contribution is -2.17. The Morgan fingerprint density at radius 1 is 1.00 bits per heavy atom. The van der Waals surface area contributed by atoms with Gasteiger partial charge in [0.2, 0.25) is 0 Å². The minimum atomic E-state index is -0.233. The molecule has 5 heteroatoms. The van der Waals surface area contributed by atoms with Gasteiger partial charge in [-0.3, -0.25) is 0 Å². The van der Waals surface area contributed by atoms with Crippen molar-refractivity contribution in [3.05, 3.63) is 83.6 Å². The van der Waals surface area contributed by atoms with E-state index in [1.165, 1.54) is 12.1 Å². The molecule has 1 N–H and O–H groups in total. The summed E-state index contributed by atoms with van der Waals surface area (Å²) in [7, 11) is 3.26. The van der Waals surface area contributed by atoms with Gasteiger partial charge in [0.05, 0.1) is 20.5 Å². The maximum Gasteiger partial charge on any atom is 0.161 e. The lowest BCUT2D eigenvalue weighted by molar-refractivity contribution is 0.354. The Morgan fingerprint density at radius 2 is 1.78 bits per heavy atom. The molecule has 142 valence electrons. The molecular weight excluding hydrogens is 345 g/mol. The van der Waals surface area contributed by atoms with E-state index in [9.17, 15) is 4.39 Å². The van der Waals surface area contributed by atoms with Gasteiger partial charge in [0.1, 0.15) is 11.6 Å². The van der Waals surface area contributed by atoms with Crippen molar-refractivity contribution in [2.24, 2.45) is 0 Å². The molecule has 0 radical (unpaired) electrons. The lowest BCUT2D eigenvalue weighted by atomic mass is 9.93. The summed E-state index contributed by atoms with van der Waals surface area (Å²) in [5.41, 5.74) is 2.16. The third kappa shape index (κ3) is 4.89. The maximum absolute atomic E-state index is 13.2. The third-order valence-corrected chi connectivity index (χ3v) is 4.55. The van der Waals surface area contributed by atoms with E-state index in [2.05, 4.69) is 5.32 Å². The molecule has 1 aromatic heterocycles. The van der Waals surface area contributed by atoms with Gasteiger partial charge in [-0.2, -0.15) is 0 Å². The fraction of sp³-hybridized carbons (Fsp3) is 0.273. The van der Waals surface area contributed by atoms with Crippen molar-refractivity contribution < 1.29 is 18.3 Å². The second-order valence-corrected chi connectivity index (χ2v) is 6.27. The van der Waals surface area contributed by atoms with E-state index in [1.807, 2.05) is 42.5 Å². The van der Waals surface area contributed by atoms with Crippen LogP contribution < -0.4 is 14.8 Å². The Labute approximate surface area is 158 Å². The molecular formula is C22H24FNO3. The molecule has 0 fully saturated rings. The first-order chi connectivity index (χ1) is 13.2. The summed E-state index contributed by atoms with van der Waals surface area (Å²) in [6.07, 6.45) is 2.51. The summed E-state index contributed by atoms with van der Waals surface area (Å²) in [6.45, 7) is 1.51. The van der Waals surface area contributed by atoms with Crippen LogP contribution in [0.1, 0.15) is 29.2 Å². The lowest BCUT2D eigenvalue weighted by Gasteiger charge is -2.16. The zero-order chi connectivity index (χ0) is 19.1. The fourth-order valence-corrected chi connectivity index (χ4v) is 3.13. The SMILES string of the molecule is COc1ccc(CNCC[C@H](c2ccc(F)cc2)c2ccco2)cc1OC. The van der Waals surface area contributed by atoms with Crippen LogP contribution in [0.4, 0.5) is 4.39 Å². The number of ether oxygens (including phenoxy) is 2.